The molecule has 0 amide bonds. The lowest BCUT2D eigenvalue weighted by molar-refractivity contribution is 0.0373. The van der Waals surface area contributed by atoms with Crippen LogP contribution in [0.3, 0.4) is 0 Å². The minimum absolute atomic E-state index is 0.120. The Morgan fingerprint density at radius 1 is 1.48 bits per heavy atom. The van der Waals surface area contributed by atoms with Gasteiger partial charge in [0.15, 0.2) is 0 Å². The summed E-state index contributed by atoms with van der Waals surface area (Å²) in [6.07, 6.45) is 5.88. The van der Waals surface area contributed by atoms with Crippen molar-refractivity contribution in [3.8, 4) is 0 Å². The van der Waals surface area contributed by atoms with Gasteiger partial charge in [-0.25, -0.2) is 0 Å². The minimum Gasteiger partial charge on any atom is -0.302 e. The maximum atomic E-state index is 6.12. The third-order valence-electron chi connectivity index (χ3n) is 5.08. The van der Waals surface area contributed by atoms with Crippen molar-refractivity contribution in [2.75, 3.05) is 14.1 Å². The fraction of sp³-hybridized carbons (Fsp3) is 0.647. The van der Waals surface area contributed by atoms with E-state index >= 15 is 0 Å². The van der Waals surface area contributed by atoms with Crippen LogP contribution in [-0.4, -0.2) is 30.6 Å². The van der Waals surface area contributed by atoms with Crippen molar-refractivity contribution in [2.24, 2.45) is 11.8 Å². The van der Waals surface area contributed by atoms with E-state index in [0.29, 0.717) is 0 Å². The average Bonchev–Trinajstić information content (AvgIpc) is 2.44. The van der Waals surface area contributed by atoms with Gasteiger partial charge < -0.3 is 4.90 Å². The molecule has 1 fully saturated rings. The number of nitrogens with two attached hydrogens (primary N) is 1. The van der Waals surface area contributed by atoms with Crippen LogP contribution in [0.25, 0.3) is 0 Å². The Morgan fingerprint density at radius 3 is 2.81 bits per heavy atom. The summed E-state index contributed by atoms with van der Waals surface area (Å²) >= 11 is 6.12. The van der Waals surface area contributed by atoms with Crippen LogP contribution in [0.15, 0.2) is 24.3 Å². The number of nitrogens with one attached hydrogen (secondary N) is 1. The van der Waals surface area contributed by atoms with Crippen molar-refractivity contribution in [1.82, 2.24) is 10.3 Å². The number of hydrazine groups is 1. The maximum absolute atomic E-state index is 6.12. The third kappa shape index (κ3) is 3.78. The summed E-state index contributed by atoms with van der Waals surface area (Å²) in [4.78, 5) is 2.37. The standard InChI is InChI=1S/C17H28ClN3/c1-13-6-5-9-17(12-13,21(2)3)16(20-19)11-14-7-4-8-15(18)10-14/h4,7-8,10,13,16,20H,5-6,9,11-12,19H2,1-3H3. The molecule has 0 aliphatic heterocycles. The zero-order valence-corrected chi connectivity index (χ0v) is 14.2. The molecular formula is C17H28ClN3. The van der Waals surface area contributed by atoms with Gasteiger partial charge in [0.1, 0.15) is 0 Å². The van der Waals surface area contributed by atoms with Gasteiger partial charge in [0.2, 0.25) is 0 Å². The quantitative estimate of drug-likeness (QED) is 0.648. The molecule has 0 saturated heterocycles. The van der Waals surface area contributed by atoms with Gasteiger partial charge in [-0.05, 0) is 57.0 Å². The van der Waals surface area contributed by atoms with E-state index < -0.39 is 0 Å². The molecule has 3 nitrogen and oxygen atoms in total. The molecule has 0 aromatic heterocycles. The molecule has 3 N–H and O–H groups in total. The van der Waals surface area contributed by atoms with Gasteiger partial charge in [-0.1, -0.05) is 43.5 Å². The Kier molecular flexibility index (Phi) is 5.67. The zero-order valence-electron chi connectivity index (χ0n) is 13.4. The molecule has 1 aliphatic rings. The van der Waals surface area contributed by atoms with Gasteiger partial charge >= 0.3 is 0 Å². The van der Waals surface area contributed by atoms with Gasteiger partial charge in [-0.2, -0.15) is 0 Å². The summed E-state index contributed by atoms with van der Waals surface area (Å²) in [5.41, 5.74) is 4.46. The first-order chi connectivity index (χ1) is 9.98. The molecular weight excluding hydrogens is 282 g/mol. The zero-order chi connectivity index (χ0) is 15.5. The summed E-state index contributed by atoms with van der Waals surface area (Å²) in [5.74, 6) is 6.69. The van der Waals surface area contributed by atoms with E-state index in [0.717, 1.165) is 17.4 Å². The van der Waals surface area contributed by atoms with Crippen LogP contribution in [0.5, 0.6) is 0 Å². The molecule has 1 saturated carbocycles. The van der Waals surface area contributed by atoms with Gasteiger partial charge in [0, 0.05) is 16.6 Å². The van der Waals surface area contributed by atoms with E-state index in [2.05, 4.69) is 37.4 Å². The molecule has 2 rings (SSSR count). The predicted octanol–water partition coefficient (Wildman–Crippen LogP) is 3.22. The first-order valence-electron chi connectivity index (χ1n) is 7.86. The molecule has 0 heterocycles. The fourth-order valence-corrected chi connectivity index (χ4v) is 4.12. The Labute approximate surface area is 133 Å². The van der Waals surface area contributed by atoms with Crippen molar-refractivity contribution in [3.63, 3.8) is 0 Å². The fourth-order valence-electron chi connectivity index (χ4n) is 3.90. The Bertz CT molecular complexity index is 463. The highest BCUT2D eigenvalue weighted by atomic mass is 35.5. The Hall–Kier alpha value is -0.610. The smallest absolute Gasteiger partial charge is 0.0434 e. The van der Waals surface area contributed by atoms with Crippen LogP contribution in [0.1, 0.15) is 38.2 Å². The molecule has 3 atom stereocenters. The molecule has 3 unspecified atom stereocenters. The van der Waals surface area contributed by atoms with Crippen LogP contribution in [-0.2, 0) is 6.42 Å². The second kappa shape index (κ2) is 7.10. The molecule has 1 aromatic rings. The molecule has 1 aliphatic carbocycles. The SMILES string of the molecule is CC1CCCC(C(Cc2cccc(Cl)c2)NN)(N(C)C)C1. The molecule has 0 bridgehead atoms. The van der Waals surface area contributed by atoms with E-state index in [1.165, 1.54) is 31.2 Å². The van der Waals surface area contributed by atoms with E-state index in [4.69, 9.17) is 17.4 Å². The highest BCUT2D eigenvalue weighted by Gasteiger charge is 2.43. The molecule has 21 heavy (non-hydrogen) atoms. The lowest BCUT2D eigenvalue weighted by Crippen LogP contribution is -2.63. The van der Waals surface area contributed by atoms with Crippen LogP contribution in [0.4, 0.5) is 0 Å². The number of rotatable bonds is 5. The summed E-state index contributed by atoms with van der Waals surface area (Å²) in [6, 6.07) is 8.33. The molecule has 1 aromatic carbocycles. The van der Waals surface area contributed by atoms with Gasteiger partial charge in [0.25, 0.3) is 0 Å². The largest absolute Gasteiger partial charge is 0.302 e. The predicted molar refractivity (Wildman–Crippen MR) is 90.3 cm³/mol. The van der Waals surface area contributed by atoms with E-state index in [-0.39, 0.29) is 11.6 Å². The second-order valence-corrected chi connectivity index (χ2v) is 7.19. The molecule has 4 heteroatoms. The summed E-state index contributed by atoms with van der Waals surface area (Å²) in [7, 11) is 4.36. The number of halogens is 1. The Balaban J connectivity index is 2.23. The second-order valence-electron chi connectivity index (χ2n) is 6.75. The topological polar surface area (TPSA) is 41.3 Å². The van der Waals surface area contributed by atoms with E-state index in [1.807, 2.05) is 18.2 Å². The number of likely N-dealkylation sites (N-methyl/N-ethyl adjacent to an activating group) is 1. The van der Waals surface area contributed by atoms with Crippen LogP contribution >= 0.6 is 11.6 Å². The van der Waals surface area contributed by atoms with Crippen molar-refractivity contribution < 1.29 is 0 Å². The van der Waals surface area contributed by atoms with Gasteiger partial charge in [0.05, 0.1) is 0 Å². The lowest BCUT2D eigenvalue weighted by atomic mass is 9.70. The summed E-state index contributed by atoms with van der Waals surface area (Å²) in [5, 5.41) is 0.791. The first kappa shape index (κ1) is 16.8. The van der Waals surface area contributed by atoms with Crippen LogP contribution < -0.4 is 11.3 Å². The van der Waals surface area contributed by atoms with Crippen molar-refractivity contribution in [2.45, 2.75) is 50.6 Å². The first-order valence-corrected chi connectivity index (χ1v) is 8.24. The maximum Gasteiger partial charge on any atom is 0.0434 e. The highest BCUT2D eigenvalue weighted by Crippen LogP contribution is 2.39. The van der Waals surface area contributed by atoms with Crippen LogP contribution in [0, 0.1) is 5.92 Å². The van der Waals surface area contributed by atoms with E-state index in [1.54, 1.807) is 0 Å². The molecule has 0 spiro atoms. The van der Waals surface area contributed by atoms with E-state index in [9.17, 15) is 0 Å². The number of hydrogen-bond acceptors (Lipinski definition) is 3. The monoisotopic (exact) mass is 309 g/mol. The third-order valence-corrected chi connectivity index (χ3v) is 5.31. The summed E-state index contributed by atoms with van der Waals surface area (Å²) in [6.45, 7) is 2.35. The minimum atomic E-state index is 0.120. The van der Waals surface area contributed by atoms with Gasteiger partial charge in [-0.15, -0.1) is 0 Å². The van der Waals surface area contributed by atoms with Crippen molar-refractivity contribution in [3.05, 3.63) is 34.9 Å². The normalized spacial score (nSPS) is 27.8. The highest BCUT2D eigenvalue weighted by molar-refractivity contribution is 6.30. The molecule has 0 radical (unpaired) electrons. The van der Waals surface area contributed by atoms with Crippen molar-refractivity contribution in [1.29, 1.82) is 0 Å². The van der Waals surface area contributed by atoms with Crippen LogP contribution in [0.2, 0.25) is 5.02 Å². The Morgan fingerprint density at radius 2 is 2.24 bits per heavy atom. The number of hydrogen-bond donors (Lipinski definition) is 2. The summed E-state index contributed by atoms with van der Waals surface area (Å²) < 4.78 is 0. The van der Waals surface area contributed by atoms with Crippen molar-refractivity contribution >= 4 is 11.6 Å². The average molecular weight is 310 g/mol. The lowest BCUT2D eigenvalue weighted by Gasteiger charge is -2.50. The van der Waals surface area contributed by atoms with Gasteiger partial charge in [-0.3, -0.25) is 11.3 Å². The number of nitrogens with zero attached hydrogens (tertiary/aromatic N) is 1. The molecule has 118 valence electrons. The number of benzene rings is 1.